The van der Waals surface area contributed by atoms with Crippen molar-refractivity contribution in [1.29, 1.82) is 0 Å². The summed E-state index contributed by atoms with van der Waals surface area (Å²) in [4.78, 5) is 12.1. The highest BCUT2D eigenvalue weighted by atomic mass is 16.3. The Bertz CT molecular complexity index is 627. The smallest absolute Gasteiger partial charge is 0.251 e. The summed E-state index contributed by atoms with van der Waals surface area (Å²) in [6, 6.07) is 17.6. The normalized spacial score (nSPS) is 12.7. The Morgan fingerprint density at radius 3 is 2.13 bits per heavy atom. The third kappa shape index (κ3) is 4.93. The molecule has 0 saturated carbocycles. The molecule has 1 atom stereocenters. The largest absolute Gasteiger partial charge is 0.393 e. The van der Waals surface area contributed by atoms with E-state index >= 15 is 0 Å². The van der Waals surface area contributed by atoms with E-state index < -0.39 is 6.10 Å². The molecule has 2 N–H and O–H groups in total. The zero-order valence-electron chi connectivity index (χ0n) is 14.0. The van der Waals surface area contributed by atoms with Crippen LogP contribution >= 0.6 is 0 Å². The number of hydrogen-bond acceptors (Lipinski definition) is 2. The van der Waals surface area contributed by atoms with Gasteiger partial charge in [-0.1, -0.05) is 63.2 Å². The second-order valence-electron chi connectivity index (χ2n) is 6.87. The van der Waals surface area contributed by atoms with Gasteiger partial charge in [0.1, 0.15) is 0 Å². The molecule has 0 bridgehead atoms. The van der Waals surface area contributed by atoms with E-state index in [1.54, 1.807) is 0 Å². The second-order valence-corrected chi connectivity index (χ2v) is 6.87. The Labute approximate surface area is 138 Å². The van der Waals surface area contributed by atoms with Gasteiger partial charge in [0.15, 0.2) is 0 Å². The first-order valence-corrected chi connectivity index (χ1v) is 7.99. The third-order valence-electron chi connectivity index (χ3n) is 3.96. The van der Waals surface area contributed by atoms with Crippen LogP contribution in [0.15, 0.2) is 54.6 Å². The topological polar surface area (TPSA) is 49.3 Å². The predicted octanol–water partition coefficient (Wildman–Crippen LogP) is 3.88. The van der Waals surface area contributed by atoms with Crippen LogP contribution in [0, 0.1) is 5.41 Å². The summed E-state index contributed by atoms with van der Waals surface area (Å²) >= 11 is 0. The fourth-order valence-electron chi connectivity index (χ4n) is 2.30. The molecule has 0 fully saturated rings. The van der Waals surface area contributed by atoms with Gasteiger partial charge in [0.25, 0.3) is 5.91 Å². The number of aliphatic hydroxyl groups excluding tert-OH is 1. The Morgan fingerprint density at radius 2 is 1.57 bits per heavy atom. The van der Waals surface area contributed by atoms with E-state index in [0.717, 1.165) is 11.1 Å². The van der Waals surface area contributed by atoms with Crippen LogP contribution < -0.4 is 5.32 Å². The molecule has 0 unspecified atom stereocenters. The number of benzene rings is 2. The van der Waals surface area contributed by atoms with Gasteiger partial charge in [0.05, 0.1) is 6.10 Å². The molecule has 122 valence electrons. The fraction of sp³-hybridized carbons (Fsp3) is 0.350. The Hall–Kier alpha value is -2.13. The summed E-state index contributed by atoms with van der Waals surface area (Å²) in [6.07, 6.45) is 0.125. The van der Waals surface area contributed by atoms with E-state index in [-0.39, 0.29) is 11.3 Å². The van der Waals surface area contributed by atoms with Gasteiger partial charge in [0, 0.05) is 12.1 Å². The average molecular weight is 311 g/mol. The molecular weight excluding hydrogens is 286 g/mol. The minimum atomic E-state index is -0.428. The van der Waals surface area contributed by atoms with E-state index in [1.807, 2.05) is 75.4 Å². The monoisotopic (exact) mass is 311 g/mol. The summed E-state index contributed by atoms with van der Waals surface area (Å²) < 4.78 is 0. The number of aliphatic hydroxyl groups is 1. The lowest BCUT2D eigenvalue weighted by Crippen LogP contribution is -2.32. The van der Waals surface area contributed by atoms with Crippen molar-refractivity contribution in [2.24, 2.45) is 5.41 Å². The summed E-state index contributed by atoms with van der Waals surface area (Å²) in [7, 11) is 0. The van der Waals surface area contributed by atoms with Crippen LogP contribution in [0.1, 0.15) is 37.6 Å². The first-order chi connectivity index (χ1) is 10.9. The Kier molecular flexibility index (Phi) is 5.56. The fourth-order valence-corrected chi connectivity index (χ4v) is 2.30. The molecule has 0 aromatic heterocycles. The van der Waals surface area contributed by atoms with E-state index in [1.165, 1.54) is 0 Å². The van der Waals surface area contributed by atoms with E-state index in [4.69, 9.17) is 0 Å². The van der Waals surface area contributed by atoms with Crippen molar-refractivity contribution in [1.82, 2.24) is 5.32 Å². The predicted molar refractivity (Wildman–Crippen MR) is 94.3 cm³/mol. The molecule has 3 heteroatoms. The number of rotatable bonds is 5. The Balaban J connectivity index is 1.91. The van der Waals surface area contributed by atoms with Crippen LogP contribution in [0.2, 0.25) is 0 Å². The third-order valence-corrected chi connectivity index (χ3v) is 3.96. The Morgan fingerprint density at radius 1 is 1.00 bits per heavy atom. The van der Waals surface area contributed by atoms with E-state index in [0.29, 0.717) is 18.5 Å². The van der Waals surface area contributed by atoms with Crippen molar-refractivity contribution < 1.29 is 9.90 Å². The molecule has 0 spiro atoms. The number of amides is 1. The van der Waals surface area contributed by atoms with Gasteiger partial charge in [0.2, 0.25) is 0 Å². The van der Waals surface area contributed by atoms with Crippen molar-refractivity contribution in [3.8, 4) is 11.1 Å². The maximum Gasteiger partial charge on any atom is 0.251 e. The minimum Gasteiger partial charge on any atom is -0.393 e. The highest BCUT2D eigenvalue weighted by Crippen LogP contribution is 2.21. The maximum atomic E-state index is 12.1. The van der Waals surface area contributed by atoms with Crippen molar-refractivity contribution >= 4 is 5.91 Å². The van der Waals surface area contributed by atoms with Gasteiger partial charge >= 0.3 is 0 Å². The molecule has 3 nitrogen and oxygen atoms in total. The molecular formula is C20H25NO2. The molecule has 0 aliphatic heterocycles. The van der Waals surface area contributed by atoms with Crippen LogP contribution in [0.5, 0.6) is 0 Å². The molecule has 0 aliphatic carbocycles. The standard InChI is InChI=1S/C20H25NO2/c1-20(2,3)18(22)13-14-21-19(23)17-11-9-16(10-12-17)15-7-5-4-6-8-15/h4-12,18,22H,13-14H2,1-3H3,(H,21,23)/t18-/m1/s1. The molecule has 2 aromatic rings. The molecule has 2 aromatic carbocycles. The van der Waals surface area contributed by atoms with Crippen LogP contribution in [0.25, 0.3) is 11.1 Å². The van der Waals surface area contributed by atoms with Crippen molar-refractivity contribution in [3.63, 3.8) is 0 Å². The van der Waals surface area contributed by atoms with Gasteiger partial charge in [-0.2, -0.15) is 0 Å². The number of carbonyl (C=O) groups excluding carboxylic acids is 1. The number of nitrogens with one attached hydrogen (secondary N) is 1. The van der Waals surface area contributed by atoms with Crippen LogP contribution in [-0.2, 0) is 0 Å². The molecule has 23 heavy (non-hydrogen) atoms. The summed E-state index contributed by atoms with van der Waals surface area (Å²) in [5.74, 6) is -0.106. The average Bonchev–Trinajstić information content (AvgIpc) is 2.54. The lowest BCUT2D eigenvalue weighted by atomic mass is 9.87. The molecule has 0 saturated heterocycles. The quantitative estimate of drug-likeness (QED) is 0.880. The molecule has 2 rings (SSSR count). The molecule has 0 aliphatic rings. The summed E-state index contributed by atoms with van der Waals surface area (Å²) in [6.45, 7) is 6.43. The van der Waals surface area contributed by atoms with Crippen LogP contribution in [0.3, 0.4) is 0 Å². The van der Waals surface area contributed by atoms with Gasteiger partial charge < -0.3 is 10.4 Å². The van der Waals surface area contributed by atoms with Gasteiger partial charge in [-0.3, -0.25) is 4.79 Å². The maximum absolute atomic E-state index is 12.1. The first-order valence-electron chi connectivity index (χ1n) is 7.99. The number of hydrogen-bond donors (Lipinski definition) is 2. The minimum absolute atomic E-state index is 0.106. The SMILES string of the molecule is CC(C)(C)[C@H](O)CCNC(=O)c1ccc(-c2ccccc2)cc1. The summed E-state index contributed by atoms with van der Waals surface area (Å²) in [5.41, 5.74) is 2.69. The second kappa shape index (κ2) is 7.42. The van der Waals surface area contributed by atoms with E-state index in [9.17, 15) is 9.90 Å². The highest BCUT2D eigenvalue weighted by Gasteiger charge is 2.21. The van der Waals surface area contributed by atoms with Crippen molar-refractivity contribution in [2.75, 3.05) is 6.54 Å². The van der Waals surface area contributed by atoms with Crippen molar-refractivity contribution in [2.45, 2.75) is 33.3 Å². The lowest BCUT2D eigenvalue weighted by Gasteiger charge is -2.25. The van der Waals surface area contributed by atoms with E-state index in [2.05, 4.69) is 5.32 Å². The van der Waals surface area contributed by atoms with Crippen LogP contribution in [-0.4, -0.2) is 23.7 Å². The van der Waals surface area contributed by atoms with Gasteiger partial charge in [-0.25, -0.2) is 0 Å². The first kappa shape index (κ1) is 17.2. The molecule has 0 heterocycles. The summed E-state index contributed by atoms with van der Waals surface area (Å²) in [5, 5.41) is 12.8. The zero-order valence-corrected chi connectivity index (χ0v) is 14.0. The highest BCUT2D eigenvalue weighted by molar-refractivity contribution is 5.94. The number of carbonyl (C=O) groups is 1. The van der Waals surface area contributed by atoms with Gasteiger partial charge in [-0.15, -0.1) is 0 Å². The van der Waals surface area contributed by atoms with Crippen molar-refractivity contribution in [3.05, 3.63) is 60.2 Å². The lowest BCUT2D eigenvalue weighted by molar-refractivity contribution is 0.0551. The van der Waals surface area contributed by atoms with Gasteiger partial charge in [-0.05, 0) is 35.1 Å². The van der Waals surface area contributed by atoms with Crippen LogP contribution in [0.4, 0.5) is 0 Å². The zero-order chi connectivity index (χ0) is 16.9. The molecule has 1 amide bonds. The molecule has 0 radical (unpaired) electrons.